The summed E-state index contributed by atoms with van der Waals surface area (Å²) in [5.74, 6) is 0.847. The van der Waals surface area contributed by atoms with Gasteiger partial charge >= 0.3 is 0 Å². The first-order valence-corrected chi connectivity index (χ1v) is 6.20. The molecule has 0 amide bonds. The van der Waals surface area contributed by atoms with Gasteiger partial charge in [0.1, 0.15) is 0 Å². The molecule has 0 aromatic rings. The summed E-state index contributed by atoms with van der Waals surface area (Å²) in [7, 11) is 2.21. The van der Waals surface area contributed by atoms with Crippen molar-refractivity contribution in [2.75, 3.05) is 32.1 Å². The van der Waals surface area contributed by atoms with Gasteiger partial charge in [-0.25, -0.2) is 0 Å². The predicted octanol–water partition coefficient (Wildman–Crippen LogP) is 2.13. The van der Waals surface area contributed by atoms with E-state index in [1.165, 1.54) is 19.4 Å². The molecule has 1 heterocycles. The summed E-state index contributed by atoms with van der Waals surface area (Å²) in [6.07, 6.45) is 2.47. The van der Waals surface area contributed by atoms with Gasteiger partial charge < -0.3 is 9.64 Å². The minimum absolute atomic E-state index is 0.642. The van der Waals surface area contributed by atoms with Gasteiger partial charge in [-0.2, -0.15) is 0 Å². The molecule has 0 radical (unpaired) electrons. The third-order valence-electron chi connectivity index (χ3n) is 2.86. The highest BCUT2D eigenvalue weighted by atomic mass is 79.9. The first-order chi connectivity index (χ1) is 6.24. The van der Waals surface area contributed by atoms with Crippen LogP contribution < -0.4 is 0 Å². The lowest BCUT2D eigenvalue weighted by atomic mass is 9.99. The van der Waals surface area contributed by atoms with E-state index in [4.69, 9.17) is 4.74 Å². The Hall–Kier alpha value is 0.400. The Balaban J connectivity index is 2.21. The molecule has 2 nitrogen and oxygen atoms in total. The minimum atomic E-state index is 0.642. The molecule has 13 heavy (non-hydrogen) atoms. The maximum Gasteiger partial charge on any atom is 0.0469 e. The van der Waals surface area contributed by atoms with Crippen LogP contribution >= 0.6 is 15.9 Å². The maximum atomic E-state index is 5.34. The average Bonchev–Trinajstić information content (AvgIpc) is 2.18. The summed E-state index contributed by atoms with van der Waals surface area (Å²) in [4.78, 5) is 2.44. The number of halogens is 1. The van der Waals surface area contributed by atoms with Crippen molar-refractivity contribution < 1.29 is 4.74 Å². The number of alkyl halides is 1. The van der Waals surface area contributed by atoms with Gasteiger partial charge in [0.15, 0.2) is 0 Å². The SMILES string of the molecule is CC(CBr)N(C)CC1CCOCC1. The van der Waals surface area contributed by atoms with Gasteiger partial charge in [0.2, 0.25) is 0 Å². The summed E-state index contributed by atoms with van der Waals surface area (Å²) in [5, 5.41) is 1.06. The van der Waals surface area contributed by atoms with Crippen LogP contribution in [-0.4, -0.2) is 43.1 Å². The molecule has 0 aromatic heterocycles. The predicted molar refractivity (Wildman–Crippen MR) is 59.4 cm³/mol. The van der Waals surface area contributed by atoms with Crippen LogP contribution in [0, 0.1) is 5.92 Å². The van der Waals surface area contributed by atoms with Crippen molar-refractivity contribution in [3.8, 4) is 0 Å². The quantitative estimate of drug-likeness (QED) is 0.709. The average molecular weight is 250 g/mol. The largest absolute Gasteiger partial charge is 0.381 e. The number of ether oxygens (including phenoxy) is 1. The highest BCUT2D eigenvalue weighted by molar-refractivity contribution is 9.09. The van der Waals surface area contributed by atoms with Crippen LogP contribution in [0.25, 0.3) is 0 Å². The van der Waals surface area contributed by atoms with Crippen LogP contribution in [0.4, 0.5) is 0 Å². The summed E-state index contributed by atoms with van der Waals surface area (Å²) in [6.45, 7) is 5.40. The Morgan fingerprint density at radius 1 is 1.46 bits per heavy atom. The highest BCUT2D eigenvalue weighted by Gasteiger charge is 2.17. The van der Waals surface area contributed by atoms with Gasteiger partial charge in [0.05, 0.1) is 0 Å². The molecule has 0 spiro atoms. The smallest absolute Gasteiger partial charge is 0.0469 e. The topological polar surface area (TPSA) is 12.5 Å². The second-order valence-corrected chi connectivity index (χ2v) is 4.65. The molecule has 1 fully saturated rings. The van der Waals surface area contributed by atoms with E-state index in [-0.39, 0.29) is 0 Å². The summed E-state index contributed by atoms with van der Waals surface area (Å²) in [5.41, 5.74) is 0. The Kier molecular flexibility index (Phi) is 5.29. The molecule has 0 bridgehead atoms. The van der Waals surface area contributed by atoms with Crippen LogP contribution in [0.15, 0.2) is 0 Å². The van der Waals surface area contributed by atoms with Crippen molar-refractivity contribution in [1.29, 1.82) is 0 Å². The number of hydrogen-bond donors (Lipinski definition) is 0. The molecule has 1 unspecified atom stereocenters. The Bertz CT molecular complexity index is 137. The van der Waals surface area contributed by atoms with Crippen molar-refractivity contribution >= 4 is 15.9 Å². The molecule has 1 atom stereocenters. The molecule has 1 aliphatic heterocycles. The molecular weight excluding hydrogens is 230 g/mol. The first kappa shape index (κ1) is 11.5. The lowest BCUT2D eigenvalue weighted by Crippen LogP contribution is -2.36. The molecule has 0 N–H and O–H groups in total. The lowest BCUT2D eigenvalue weighted by molar-refractivity contribution is 0.0526. The van der Waals surface area contributed by atoms with E-state index in [1.54, 1.807) is 0 Å². The van der Waals surface area contributed by atoms with Gasteiger partial charge in [-0.3, -0.25) is 0 Å². The fourth-order valence-electron chi connectivity index (χ4n) is 1.63. The Morgan fingerprint density at radius 3 is 2.62 bits per heavy atom. The lowest BCUT2D eigenvalue weighted by Gasteiger charge is -2.30. The van der Waals surface area contributed by atoms with Crippen LogP contribution in [-0.2, 0) is 4.74 Å². The summed E-state index contributed by atoms with van der Waals surface area (Å²) >= 11 is 3.51. The van der Waals surface area contributed by atoms with Crippen molar-refractivity contribution in [3.63, 3.8) is 0 Å². The maximum absolute atomic E-state index is 5.34. The van der Waals surface area contributed by atoms with E-state index in [0.29, 0.717) is 6.04 Å². The van der Waals surface area contributed by atoms with E-state index < -0.39 is 0 Å². The molecular formula is C10H20BrNO. The van der Waals surface area contributed by atoms with Crippen molar-refractivity contribution in [3.05, 3.63) is 0 Å². The van der Waals surface area contributed by atoms with Crippen molar-refractivity contribution in [2.24, 2.45) is 5.92 Å². The fraction of sp³-hybridized carbons (Fsp3) is 1.00. The van der Waals surface area contributed by atoms with Gasteiger partial charge in [-0.15, -0.1) is 0 Å². The summed E-state index contributed by atoms with van der Waals surface area (Å²) in [6, 6.07) is 0.642. The van der Waals surface area contributed by atoms with E-state index in [1.807, 2.05) is 0 Å². The van der Waals surface area contributed by atoms with Gasteiger partial charge in [-0.05, 0) is 32.7 Å². The van der Waals surface area contributed by atoms with Gasteiger partial charge in [-0.1, -0.05) is 15.9 Å². The molecule has 78 valence electrons. The standard InChI is InChI=1S/C10H20BrNO/c1-9(7-11)12(2)8-10-3-5-13-6-4-10/h9-10H,3-8H2,1-2H3. The van der Waals surface area contributed by atoms with Crippen LogP contribution in [0.3, 0.4) is 0 Å². The van der Waals surface area contributed by atoms with E-state index in [9.17, 15) is 0 Å². The molecule has 1 aliphatic rings. The third-order valence-corrected chi connectivity index (χ3v) is 3.80. The zero-order valence-electron chi connectivity index (χ0n) is 8.63. The second kappa shape index (κ2) is 5.99. The van der Waals surface area contributed by atoms with Crippen LogP contribution in [0.2, 0.25) is 0 Å². The zero-order valence-corrected chi connectivity index (χ0v) is 10.2. The number of nitrogens with zero attached hydrogens (tertiary/aromatic N) is 1. The monoisotopic (exact) mass is 249 g/mol. The van der Waals surface area contributed by atoms with Crippen molar-refractivity contribution in [2.45, 2.75) is 25.8 Å². The first-order valence-electron chi connectivity index (χ1n) is 5.08. The minimum Gasteiger partial charge on any atom is -0.381 e. The van der Waals surface area contributed by atoms with Crippen LogP contribution in [0.1, 0.15) is 19.8 Å². The fourth-order valence-corrected chi connectivity index (χ4v) is 2.13. The summed E-state index contributed by atoms with van der Waals surface area (Å²) < 4.78 is 5.34. The second-order valence-electron chi connectivity index (χ2n) is 4.00. The number of hydrogen-bond acceptors (Lipinski definition) is 2. The van der Waals surface area contributed by atoms with Crippen molar-refractivity contribution in [1.82, 2.24) is 4.90 Å². The molecule has 1 rings (SSSR count). The number of rotatable bonds is 4. The Labute approximate surface area is 89.8 Å². The van der Waals surface area contributed by atoms with E-state index >= 15 is 0 Å². The van der Waals surface area contributed by atoms with Gasteiger partial charge in [0, 0.05) is 31.1 Å². The van der Waals surface area contributed by atoms with E-state index in [2.05, 4.69) is 34.8 Å². The Morgan fingerprint density at radius 2 is 2.08 bits per heavy atom. The third kappa shape index (κ3) is 3.96. The molecule has 0 aliphatic carbocycles. The molecule has 0 aromatic carbocycles. The van der Waals surface area contributed by atoms with E-state index in [0.717, 1.165) is 24.5 Å². The normalized spacial score (nSPS) is 22.2. The van der Waals surface area contributed by atoms with Gasteiger partial charge in [0.25, 0.3) is 0 Å². The molecule has 0 saturated carbocycles. The van der Waals surface area contributed by atoms with Crippen LogP contribution in [0.5, 0.6) is 0 Å². The highest BCUT2D eigenvalue weighted by Crippen LogP contribution is 2.16. The molecule has 1 saturated heterocycles. The molecule has 3 heteroatoms. The zero-order chi connectivity index (χ0) is 9.68.